The molecule has 2 aromatic carbocycles. The molecule has 1 fully saturated rings. The van der Waals surface area contributed by atoms with Gasteiger partial charge in [-0.1, -0.05) is 12.1 Å². The van der Waals surface area contributed by atoms with Crippen molar-refractivity contribution in [1.82, 2.24) is 14.9 Å². The molecule has 1 aliphatic heterocycles. The van der Waals surface area contributed by atoms with Crippen LogP contribution >= 0.6 is 0 Å². The number of β-amino-alcohol motifs (C(OH)–C–C–N with tert-alkyl or cyclic N) is 1. The number of ether oxygens (including phenoxy) is 1. The molecular formula is C19H19N5O3. The molecule has 1 aromatic heterocycles. The van der Waals surface area contributed by atoms with Gasteiger partial charge in [-0.15, -0.1) is 0 Å². The van der Waals surface area contributed by atoms with Gasteiger partial charge in [0.25, 0.3) is 0 Å². The second-order valence-electron chi connectivity index (χ2n) is 6.37. The quantitative estimate of drug-likeness (QED) is 0.390. The molecule has 6 N–H and O–H groups in total. The van der Waals surface area contributed by atoms with Gasteiger partial charge in [0.05, 0.1) is 17.1 Å². The normalized spacial score (nSPS) is 15.4. The Morgan fingerprint density at radius 2 is 1.85 bits per heavy atom. The predicted molar refractivity (Wildman–Crippen MR) is 99.6 cm³/mol. The van der Waals surface area contributed by atoms with Gasteiger partial charge in [-0.25, -0.2) is 4.98 Å². The highest BCUT2D eigenvalue weighted by Crippen LogP contribution is 2.19. The number of rotatable bonds is 5. The lowest BCUT2D eigenvalue weighted by Crippen LogP contribution is -2.52. The van der Waals surface area contributed by atoms with Crippen LogP contribution in [0.2, 0.25) is 0 Å². The number of aliphatic hydroxyl groups is 1. The van der Waals surface area contributed by atoms with Crippen LogP contribution in [0.3, 0.4) is 0 Å². The summed E-state index contributed by atoms with van der Waals surface area (Å²) < 4.78 is 5.53. The number of carbonyl (C=O) groups excluding carboxylic acids is 1. The average molecular weight is 365 g/mol. The number of para-hydroxylation sites is 2. The number of hydrogen-bond donors (Lipinski definition) is 4. The minimum atomic E-state index is -0.389. The lowest BCUT2D eigenvalue weighted by Gasteiger charge is -2.37. The van der Waals surface area contributed by atoms with E-state index in [-0.39, 0.29) is 29.4 Å². The lowest BCUT2D eigenvalue weighted by molar-refractivity contribution is 0.0210. The largest absolute Gasteiger partial charge is 0.438 e. The van der Waals surface area contributed by atoms with E-state index in [4.69, 9.17) is 16.2 Å². The Morgan fingerprint density at radius 1 is 1.15 bits per heavy atom. The zero-order valence-corrected chi connectivity index (χ0v) is 14.4. The van der Waals surface area contributed by atoms with Crippen molar-refractivity contribution < 1.29 is 14.6 Å². The van der Waals surface area contributed by atoms with Gasteiger partial charge in [0.15, 0.2) is 11.6 Å². The van der Waals surface area contributed by atoms with E-state index < -0.39 is 0 Å². The highest BCUT2D eigenvalue weighted by atomic mass is 16.5. The number of likely N-dealkylation sites (tertiary alicyclic amines) is 1. The molecule has 0 radical (unpaired) electrons. The van der Waals surface area contributed by atoms with Gasteiger partial charge in [0.2, 0.25) is 11.7 Å². The number of fused-ring (bicyclic) bond motifs is 1. The Kier molecular flexibility index (Phi) is 4.17. The molecule has 3 aromatic rings. The number of H-pyrrole nitrogens is 1. The van der Waals surface area contributed by atoms with Gasteiger partial charge in [0, 0.05) is 18.7 Å². The first-order valence-electron chi connectivity index (χ1n) is 8.47. The molecule has 0 spiro atoms. The smallest absolute Gasteiger partial charge is 0.231 e. The lowest BCUT2D eigenvalue weighted by atomic mass is 10.1. The van der Waals surface area contributed by atoms with Crippen LogP contribution in [0.5, 0.6) is 5.75 Å². The highest BCUT2D eigenvalue weighted by molar-refractivity contribution is 6.08. The molecule has 2 heterocycles. The third kappa shape index (κ3) is 3.30. The Balaban J connectivity index is 1.48. The van der Waals surface area contributed by atoms with Crippen molar-refractivity contribution in [3.8, 4) is 5.75 Å². The molecule has 138 valence electrons. The Morgan fingerprint density at radius 3 is 2.52 bits per heavy atom. The van der Waals surface area contributed by atoms with Crippen molar-refractivity contribution in [1.29, 1.82) is 0 Å². The van der Waals surface area contributed by atoms with Crippen LogP contribution in [0.4, 0.5) is 0 Å². The molecule has 8 heteroatoms. The number of ketones is 1. The summed E-state index contributed by atoms with van der Waals surface area (Å²) in [6.07, 6.45) is -0.389. The van der Waals surface area contributed by atoms with Gasteiger partial charge in [0.1, 0.15) is 5.75 Å². The SMILES string of the molecule is N/C(Oc1ccc(C(=O)c2nc3ccccc3[nH]2)cc1)=C(\N)N1CC(O)C1. The van der Waals surface area contributed by atoms with Crippen LogP contribution < -0.4 is 16.2 Å². The van der Waals surface area contributed by atoms with E-state index in [9.17, 15) is 9.90 Å². The molecule has 0 saturated carbocycles. The van der Waals surface area contributed by atoms with Crippen LogP contribution in [0.25, 0.3) is 11.0 Å². The van der Waals surface area contributed by atoms with Gasteiger partial charge in [-0.05, 0) is 36.4 Å². The summed E-state index contributed by atoms with van der Waals surface area (Å²) >= 11 is 0. The summed E-state index contributed by atoms with van der Waals surface area (Å²) in [7, 11) is 0. The van der Waals surface area contributed by atoms with Crippen molar-refractivity contribution >= 4 is 16.8 Å². The number of carbonyl (C=O) groups is 1. The van der Waals surface area contributed by atoms with Crippen LogP contribution in [-0.4, -0.2) is 45.0 Å². The molecule has 8 nitrogen and oxygen atoms in total. The van der Waals surface area contributed by atoms with Crippen LogP contribution in [0.1, 0.15) is 16.2 Å². The van der Waals surface area contributed by atoms with Crippen molar-refractivity contribution in [3.63, 3.8) is 0 Å². The topological polar surface area (TPSA) is 130 Å². The Bertz CT molecular complexity index is 986. The van der Waals surface area contributed by atoms with Gasteiger partial charge in [-0.2, -0.15) is 0 Å². The third-order valence-corrected chi connectivity index (χ3v) is 4.40. The number of benzene rings is 2. The molecule has 1 aliphatic rings. The number of nitrogens with two attached hydrogens (primary N) is 2. The predicted octanol–water partition coefficient (Wildman–Crippen LogP) is 0.893. The minimum Gasteiger partial charge on any atom is -0.438 e. The minimum absolute atomic E-state index is 0.0539. The number of aromatic amines is 1. The molecular weight excluding hydrogens is 346 g/mol. The second kappa shape index (κ2) is 6.65. The molecule has 0 amide bonds. The number of hydrogen-bond acceptors (Lipinski definition) is 7. The average Bonchev–Trinajstić information content (AvgIpc) is 3.09. The van der Waals surface area contributed by atoms with Gasteiger partial charge < -0.3 is 31.2 Å². The van der Waals surface area contributed by atoms with E-state index in [0.29, 0.717) is 24.4 Å². The van der Waals surface area contributed by atoms with Crippen LogP contribution in [0, 0.1) is 0 Å². The number of nitrogens with one attached hydrogen (secondary N) is 1. The Hall–Kier alpha value is -3.52. The molecule has 1 saturated heterocycles. The number of imidazole rings is 1. The molecule has 0 atom stereocenters. The molecule has 0 unspecified atom stereocenters. The molecule has 4 rings (SSSR count). The number of nitrogens with zero attached hydrogens (tertiary/aromatic N) is 2. The van der Waals surface area contributed by atoms with Crippen molar-refractivity contribution in [2.24, 2.45) is 11.5 Å². The summed E-state index contributed by atoms with van der Waals surface area (Å²) in [5.74, 6) is 0.860. The fraction of sp³-hybridized carbons (Fsp3) is 0.158. The fourth-order valence-electron chi connectivity index (χ4n) is 2.86. The summed E-state index contributed by atoms with van der Waals surface area (Å²) in [5.41, 5.74) is 13.8. The van der Waals surface area contributed by atoms with E-state index in [1.807, 2.05) is 24.3 Å². The van der Waals surface area contributed by atoms with Crippen LogP contribution in [-0.2, 0) is 0 Å². The number of aromatic nitrogens is 2. The van der Waals surface area contributed by atoms with E-state index >= 15 is 0 Å². The summed E-state index contributed by atoms with van der Waals surface area (Å²) in [6, 6.07) is 14.0. The monoisotopic (exact) mass is 365 g/mol. The summed E-state index contributed by atoms with van der Waals surface area (Å²) in [5, 5.41) is 9.32. The highest BCUT2D eigenvalue weighted by Gasteiger charge is 2.27. The van der Waals surface area contributed by atoms with Gasteiger partial charge in [-0.3, -0.25) is 4.79 Å². The van der Waals surface area contributed by atoms with E-state index in [2.05, 4.69) is 9.97 Å². The first kappa shape index (κ1) is 16.9. The molecule has 27 heavy (non-hydrogen) atoms. The third-order valence-electron chi connectivity index (χ3n) is 4.40. The van der Waals surface area contributed by atoms with E-state index in [1.165, 1.54) is 0 Å². The van der Waals surface area contributed by atoms with E-state index in [0.717, 1.165) is 11.0 Å². The fourth-order valence-corrected chi connectivity index (χ4v) is 2.86. The zero-order valence-electron chi connectivity index (χ0n) is 14.4. The maximum absolute atomic E-state index is 12.6. The van der Waals surface area contributed by atoms with Gasteiger partial charge >= 0.3 is 0 Å². The van der Waals surface area contributed by atoms with Crippen molar-refractivity contribution in [3.05, 3.63) is 71.6 Å². The first-order chi connectivity index (χ1) is 13.0. The summed E-state index contributed by atoms with van der Waals surface area (Å²) in [6.45, 7) is 0.863. The first-order valence-corrected chi connectivity index (χ1v) is 8.47. The zero-order chi connectivity index (χ0) is 19.0. The van der Waals surface area contributed by atoms with Crippen molar-refractivity contribution in [2.75, 3.05) is 13.1 Å². The molecule has 0 aliphatic carbocycles. The second-order valence-corrected chi connectivity index (χ2v) is 6.37. The summed E-state index contributed by atoms with van der Waals surface area (Å²) in [4.78, 5) is 21.7. The maximum Gasteiger partial charge on any atom is 0.231 e. The Labute approximate surface area is 155 Å². The molecule has 0 bridgehead atoms. The van der Waals surface area contributed by atoms with E-state index in [1.54, 1.807) is 29.2 Å². The maximum atomic E-state index is 12.6. The van der Waals surface area contributed by atoms with Crippen LogP contribution in [0.15, 0.2) is 60.2 Å². The number of aliphatic hydroxyl groups excluding tert-OH is 1. The van der Waals surface area contributed by atoms with Crippen molar-refractivity contribution in [2.45, 2.75) is 6.10 Å². The standard InChI is InChI=1S/C19H19N5O3/c20-17(24-9-12(25)10-24)18(21)27-13-7-5-11(6-8-13)16(26)19-22-14-3-1-2-4-15(14)23-19/h1-8,12,25H,9-10,20-21H2,(H,22,23)/b18-17-.